The summed E-state index contributed by atoms with van der Waals surface area (Å²) in [5, 5.41) is 2.98. The minimum atomic E-state index is -0.556. The summed E-state index contributed by atoms with van der Waals surface area (Å²) >= 11 is 0. The van der Waals surface area contributed by atoms with Gasteiger partial charge in [0.2, 0.25) is 0 Å². The zero-order valence-electron chi connectivity index (χ0n) is 15.4. The largest absolute Gasteiger partial charge is 0.465 e. The molecule has 0 atom stereocenters. The molecule has 1 fully saturated rings. The van der Waals surface area contributed by atoms with Gasteiger partial charge in [-0.1, -0.05) is 27.2 Å². The van der Waals surface area contributed by atoms with Gasteiger partial charge in [0.05, 0.1) is 6.26 Å². The molecule has 0 aromatic carbocycles. The van der Waals surface area contributed by atoms with Crippen LogP contribution < -0.4 is 5.32 Å². The van der Waals surface area contributed by atoms with E-state index >= 15 is 0 Å². The Morgan fingerprint density at radius 2 is 2.04 bits per heavy atom. The highest BCUT2D eigenvalue weighted by Gasteiger charge is 2.32. The van der Waals surface area contributed by atoms with Crippen LogP contribution in [0.15, 0.2) is 28.9 Å². The number of nitrogens with one attached hydrogen (secondary N) is 1. The second-order valence-electron chi connectivity index (χ2n) is 7.41. The lowest BCUT2D eigenvalue weighted by Crippen LogP contribution is -2.41. The predicted molar refractivity (Wildman–Crippen MR) is 96.7 cm³/mol. The van der Waals surface area contributed by atoms with Crippen molar-refractivity contribution in [3.8, 4) is 0 Å². The van der Waals surface area contributed by atoms with Gasteiger partial charge in [-0.05, 0) is 55.2 Å². The van der Waals surface area contributed by atoms with Crippen molar-refractivity contribution in [1.82, 2.24) is 5.32 Å². The Labute approximate surface area is 149 Å². The lowest BCUT2D eigenvalue weighted by atomic mass is 9.69. The molecule has 1 heterocycles. The van der Waals surface area contributed by atoms with Gasteiger partial charge in [-0.25, -0.2) is 4.79 Å². The fourth-order valence-corrected chi connectivity index (χ4v) is 3.30. The smallest absolute Gasteiger partial charge is 0.331 e. The zero-order valence-corrected chi connectivity index (χ0v) is 15.4. The van der Waals surface area contributed by atoms with E-state index in [1.807, 2.05) is 0 Å². The third kappa shape index (κ3) is 6.07. The van der Waals surface area contributed by atoms with Gasteiger partial charge in [0.25, 0.3) is 5.91 Å². The van der Waals surface area contributed by atoms with E-state index in [-0.39, 0.29) is 18.6 Å². The zero-order chi connectivity index (χ0) is 18.3. The first kappa shape index (κ1) is 19.3. The number of ether oxygens (including phenoxy) is 1. The van der Waals surface area contributed by atoms with Gasteiger partial charge in [0.1, 0.15) is 5.76 Å². The molecule has 25 heavy (non-hydrogen) atoms. The molecule has 0 radical (unpaired) electrons. The van der Waals surface area contributed by atoms with Crippen LogP contribution in [0.5, 0.6) is 0 Å². The SMILES string of the molecule is CCC(C)(C)C1CCC(NC(=O)COC(=O)/C=C/c2ccco2)CC1. The van der Waals surface area contributed by atoms with Crippen LogP contribution >= 0.6 is 0 Å². The molecule has 0 bridgehead atoms. The van der Waals surface area contributed by atoms with Gasteiger partial charge in [0, 0.05) is 12.1 Å². The maximum Gasteiger partial charge on any atom is 0.331 e. The van der Waals surface area contributed by atoms with E-state index in [0.29, 0.717) is 11.2 Å². The number of hydrogen-bond donors (Lipinski definition) is 1. The van der Waals surface area contributed by atoms with E-state index in [2.05, 4.69) is 26.1 Å². The van der Waals surface area contributed by atoms with Gasteiger partial charge in [-0.2, -0.15) is 0 Å². The minimum absolute atomic E-state index is 0.189. The van der Waals surface area contributed by atoms with E-state index in [1.165, 1.54) is 24.8 Å². The van der Waals surface area contributed by atoms with Crippen LogP contribution in [0.1, 0.15) is 58.6 Å². The second kappa shape index (κ2) is 8.88. The molecule has 1 N–H and O–H groups in total. The maximum atomic E-state index is 12.0. The Balaban J connectivity index is 1.66. The van der Waals surface area contributed by atoms with Crippen LogP contribution in [0.3, 0.4) is 0 Å². The molecular weight excluding hydrogens is 318 g/mol. The molecule has 5 nitrogen and oxygen atoms in total. The monoisotopic (exact) mass is 347 g/mol. The predicted octanol–water partition coefficient (Wildman–Crippen LogP) is 3.95. The molecular formula is C20H29NO4. The highest BCUT2D eigenvalue weighted by atomic mass is 16.5. The lowest BCUT2D eigenvalue weighted by molar-refractivity contribution is -0.144. The molecule has 0 unspecified atom stereocenters. The van der Waals surface area contributed by atoms with Crippen LogP contribution in [0.25, 0.3) is 6.08 Å². The summed E-state index contributed by atoms with van der Waals surface area (Å²) in [5.74, 6) is 0.487. The molecule has 138 valence electrons. The third-order valence-corrected chi connectivity index (χ3v) is 5.38. The molecule has 1 aliphatic carbocycles. The summed E-state index contributed by atoms with van der Waals surface area (Å²) in [7, 11) is 0. The molecule has 1 aromatic heterocycles. The molecule has 2 rings (SSSR count). The first-order valence-corrected chi connectivity index (χ1v) is 9.08. The highest BCUT2D eigenvalue weighted by Crippen LogP contribution is 2.40. The van der Waals surface area contributed by atoms with Crippen molar-refractivity contribution in [3.05, 3.63) is 30.2 Å². The first-order valence-electron chi connectivity index (χ1n) is 9.08. The number of hydrogen-bond acceptors (Lipinski definition) is 4. The molecule has 1 aromatic rings. The maximum absolute atomic E-state index is 12.0. The number of furan rings is 1. The van der Waals surface area contributed by atoms with Gasteiger partial charge < -0.3 is 14.5 Å². The Bertz CT molecular complexity index is 581. The number of carbonyl (C=O) groups excluding carboxylic acids is 2. The van der Waals surface area contributed by atoms with Crippen LogP contribution in [0, 0.1) is 11.3 Å². The summed E-state index contributed by atoms with van der Waals surface area (Å²) < 4.78 is 10.0. The highest BCUT2D eigenvalue weighted by molar-refractivity contribution is 5.88. The van der Waals surface area contributed by atoms with Crippen LogP contribution in [-0.2, 0) is 14.3 Å². The minimum Gasteiger partial charge on any atom is -0.465 e. The summed E-state index contributed by atoms with van der Waals surface area (Å²) in [4.78, 5) is 23.5. The lowest BCUT2D eigenvalue weighted by Gasteiger charge is -2.39. The van der Waals surface area contributed by atoms with Gasteiger partial charge in [0.15, 0.2) is 6.61 Å². The van der Waals surface area contributed by atoms with E-state index in [4.69, 9.17) is 9.15 Å². The number of esters is 1. The van der Waals surface area contributed by atoms with E-state index < -0.39 is 5.97 Å². The number of rotatable bonds is 7. The van der Waals surface area contributed by atoms with Crippen molar-refractivity contribution in [3.63, 3.8) is 0 Å². The van der Waals surface area contributed by atoms with Crippen molar-refractivity contribution in [2.75, 3.05) is 6.61 Å². The van der Waals surface area contributed by atoms with Crippen LogP contribution in [0.4, 0.5) is 0 Å². The molecule has 0 spiro atoms. The third-order valence-electron chi connectivity index (χ3n) is 5.38. The normalized spacial score (nSPS) is 21.2. The Morgan fingerprint density at radius 3 is 2.64 bits per heavy atom. The van der Waals surface area contributed by atoms with Gasteiger partial charge >= 0.3 is 5.97 Å². The topological polar surface area (TPSA) is 68.5 Å². The van der Waals surface area contributed by atoms with E-state index in [1.54, 1.807) is 12.1 Å². The van der Waals surface area contributed by atoms with Crippen molar-refractivity contribution < 1.29 is 18.7 Å². The molecule has 0 aliphatic heterocycles. The summed E-state index contributed by atoms with van der Waals surface area (Å²) in [6, 6.07) is 3.65. The van der Waals surface area contributed by atoms with Gasteiger partial charge in [-0.15, -0.1) is 0 Å². The molecule has 1 saturated carbocycles. The number of carbonyl (C=O) groups is 2. The standard InChI is InChI=1S/C20H29NO4/c1-4-20(2,3)15-7-9-16(10-8-15)21-18(22)14-25-19(23)12-11-17-6-5-13-24-17/h5-6,11-13,15-16H,4,7-10,14H2,1-3H3,(H,21,22)/b12-11+. The quantitative estimate of drug-likeness (QED) is 0.599. The molecule has 1 aliphatic rings. The Kier molecular flexibility index (Phi) is 6.85. The number of amides is 1. The van der Waals surface area contributed by atoms with Crippen LogP contribution in [-0.4, -0.2) is 24.5 Å². The van der Waals surface area contributed by atoms with Crippen molar-refractivity contribution in [2.24, 2.45) is 11.3 Å². The van der Waals surface area contributed by atoms with Crippen molar-refractivity contribution >= 4 is 18.0 Å². The second-order valence-corrected chi connectivity index (χ2v) is 7.41. The Morgan fingerprint density at radius 1 is 1.32 bits per heavy atom. The molecule has 0 saturated heterocycles. The summed E-state index contributed by atoms with van der Waals surface area (Å²) in [5.41, 5.74) is 0.366. The average Bonchev–Trinajstić information content (AvgIpc) is 3.12. The average molecular weight is 347 g/mol. The molecule has 5 heteroatoms. The summed E-state index contributed by atoms with van der Waals surface area (Å²) in [6.45, 7) is 6.64. The summed E-state index contributed by atoms with van der Waals surface area (Å²) in [6.07, 6.45) is 9.72. The van der Waals surface area contributed by atoms with Gasteiger partial charge in [-0.3, -0.25) is 4.79 Å². The van der Waals surface area contributed by atoms with E-state index in [9.17, 15) is 9.59 Å². The fourth-order valence-electron chi connectivity index (χ4n) is 3.30. The van der Waals surface area contributed by atoms with Crippen molar-refractivity contribution in [1.29, 1.82) is 0 Å². The fraction of sp³-hybridized carbons (Fsp3) is 0.600. The molecule has 1 amide bonds. The van der Waals surface area contributed by atoms with Crippen LogP contribution in [0.2, 0.25) is 0 Å². The Hall–Kier alpha value is -2.04. The van der Waals surface area contributed by atoms with Crippen molar-refractivity contribution in [2.45, 2.75) is 58.9 Å². The first-order chi connectivity index (χ1) is 11.9. The van der Waals surface area contributed by atoms with E-state index in [0.717, 1.165) is 31.6 Å².